The minimum absolute atomic E-state index is 0.0121. The lowest BCUT2D eigenvalue weighted by molar-refractivity contribution is 0.386. The van der Waals surface area contributed by atoms with E-state index in [9.17, 15) is 19.5 Å². The highest BCUT2D eigenvalue weighted by atomic mass is 35.5. The molecule has 0 radical (unpaired) electrons. The van der Waals surface area contributed by atoms with Gasteiger partial charge in [-0.25, -0.2) is 0 Å². The Hall–Kier alpha value is -0.710. The van der Waals surface area contributed by atoms with E-state index in [-0.39, 0.29) is 31.2 Å². The van der Waals surface area contributed by atoms with Gasteiger partial charge in [0.05, 0.1) is 15.1 Å². The number of phenols is 1. The Morgan fingerprint density at radius 3 is 1.96 bits per heavy atom. The number of hydrogen-bond donors (Lipinski definition) is 3. The molecule has 9 heteroatoms. The lowest BCUT2D eigenvalue weighted by atomic mass is 9.98. The summed E-state index contributed by atoms with van der Waals surface area (Å²) in [5, 5.41) is 9.56. The van der Waals surface area contributed by atoms with Crippen molar-refractivity contribution in [3.8, 4) is 5.75 Å². The van der Waals surface area contributed by atoms with Crippen molar-refractivity contribution in [3.05, 3.63) is 67.4 Å². The van der Waals surface area contributed by atoms with Crippen molar-refractivity contribution in [1.82, 2.24) is 0 Å². The van der Waals surface area contributed by atoms with Crippen LogP contribution in [-0.4, -0.2) is 14.9 Å². The summed E-state index contributed by atoms with van der Waals surface area (Å²) in [5.41, 5.74) is 0.282. The normalized spacial score (nSPS) is 12.5. The Morgan fingerprint density at radius 1 is 0.913 bits per heavy atom. The molecule has 0 bridgehead atoms. The molecular weight excluding hydrogens is 405 g/mol. The van der Waals surface area contributed by atoms with Gasteiger partial charge in [-0.1, -0.05) is 76.7 Å². The van der Waals surface area contributed by atoms with Crippen LogP contribution in [0.15, 0.2) is 36.1 Å². The second-order valence-corrected chi connectivity index (χ2v) is 7.43. The Bertz CT molecular complexity index is 801. The van der Waals surface area contributed by atoms with Crippen molar-refractivity contribution >= 4 is 59.6 Å². The lowest BCUT2D eigenvalue weighted by Crippen LogP contribution is -1.94. The number of aromatic hydroxyl groups is 1. The van der Waals surface area contributed by atoms with Gasteiger partial charge < -0.3 is 14.9 Å². The van der Waals surface area contributed by atoms with Crippen LogP contribution in [0, 0.1) is 0 Å². The van der Waals surface area contributed by atoms with Crippen LogP contribution in [0.1, 0.15) is 11.1 Å². The van der Waals surface area contributed by atoms with Crippen molar-refractivity contribution in [2.24, 2.45) is 0 Å². The average Bonchev–Trinajstić information content (AvgIpc) is 2.50. The van der Waals surface area contributed by atoms with E-state index in [1.54, 1.807) is 30.3 Å². The average molecular weight is 414 g/mol. The highest BCUT2D eigenvalue weighted by molar-refractivity contribution is 7.55. The Kier molecular flexibility index (Phi) is 5.70. The van der Waals surface area contributed by atoms with Gasteiger partial charge in [0, 0.05) is 17.0 Å². The summed E-state index contributed by atoms with van der Waals surface area (Å²) in [6.45, 7) is 0. The zero-order valence-electron chi connectivity index (χ0n) is 11.2. The number of hydrogen-bond acceptors (Lipinski definition) is 2. The number of phenolic OH excluding ortho intramolecular Hbond substituents is 1. The Labute approximate surface area is 152 Å². The zero-order chi connectivity index (χ0) is 17.4. The Morgan fingerprint density at radius 2 is 1.43 bits per heavy atom. The topological polar surface area (TPSA) is 77.8 Å². The summed E-state index contributed by atoms with van der Waals surface area (Å²) in [6, 6.07) is 8.23. The molecule has 0 unspecified atom stereocenters. The second kappa shape index (κ2) is 7.04. The van der Waals surface area contributed by atoms with Crippen LogP contribution >= 0.6 is 54.0 Å². The van der Waals surface area contributed by atoms with Gasteiger partial charge in [0.2, 0.25) is 0 Å². The van der Waals surface area contributed by atoms with Crippen LogP contribution in [0.2, 0.25) is 20.1 Å². The molecular formula is C14H9Cl4O4P. The van der Waals surface area contributed by atoms with E-state index in [4.69, 9.17) is 46.4 Å². The minimum atomic E-state index is -4.59. The molecule has 0 aliphatic rings. The van der Waals surface area contributed by atoms with E-state index in [1.807, 2.05) is 0 Å². The highest BCUT2D eigenvalue weighted by Gasteiger charge is 2.25. The molecule has 0 amide bonds. The van der Waals surface area contributed by atoms with Crippen molar-refractivity contribution in [2.75, 3.05) is 0 Å². The molecule has 0 fully saturated rings. The SMILES string of the molecule is O=P(O)(O)/C=C(\c1ccccc1)c1c(O)c(Cl)c(Cl)c(Cl)c1Cl. The van der Waals surface area contributed by atoms with Gasteiger partial charge in [0.15, 0.2) is 0 Å². The molecule has 0 saturated heterocycles. The first-order valence-corrected chi connectivity index (χ1v) is 9.21. The van der Waals surface area contributed by atoms with Gasteiger partial charge in [-0.2, -0.15) is 0 Å². The van der Waals surface area contributed by atoms with Crippen molar-refractivity contribution in [2.45, 2.75) is 0 Å². The standard InChI is InChI=1S/C14H9Cl4O4P/c15-10-9(14(19)13(18)12(17)11(10)16)8(6-23(20,21)22)7-4-2-1-3-5-7/h1-6,19H,(H2,20,21,22)/b8-6+. The maximum Gasteiger partial charge on any atom is 0.349 e. The van der Waals surface area contributed by atoms with E-state index >= 15 is 0 Å². The Balaban J connectivity index is 2.88. The molecule has 0 aliphatic heterocycles. The summed E-state index contributed by atoms with van der Waals surface area (Å²) in [4.78, 5) is 18.6. The van der Waals surface area contributed by atoms with E-state index < -0.39 is 13.3 Å². The third-order valence-electron chi connectivity index (χ3n) is 2.89. The van der Waals surface area contributed by atoms with E-state index in [0.717, 1.165) is 0 Å². The molecule has 0 spiro atoms. The third kappa shape index (κ3) is 4.04. The second-order valence-electron chi connectivity index (χ2n) is 4.48. The van der Waals surface area contributed by atoms with Crippen LogP contribution < -0.4 is 0 Å². The molecule has 2 aromatic carbocycles. The summed E-state index contributed by atoms with van der Waals surface area (Å²) < 4.78 is 11.4. The maximum absolute atomic E-state index is 11.4. The monoisotopic (exact) mass is 412 g/mol. The van der Waals surface area contributed by atoms with Crippen LogP contribution in [0.4, 0.5) is 0 Å². The van der Waals surface area contributed by atoms with E-state index in [1.165, 1.54) is 0 Å². The predicted octanol–water partition coefficient (Wildman–Crippen LogP) is 5.57. The fourth-order valence-electron chi connectivity index (χ4n) is 1.94. The van der Waals surface area contributed by atoms with E-state index in [0.29, 0.717) is 11.4 Å². The number of rotatable bonds is 3. The quantitative estimate of drug-likeness (QED) is 0.349. The summed E-state index contributed by atoms with van der Waals surface area (Å²) >= 11 is 23.9. The van der Waals surface area contributed by atoms with Crippen LogP contribution in [0.5, 0.6) is 5.75 Å². The summed E-state index contributed by atoms with van der Waals surface area (Å²) in [5.74, 6) is 0.165. The van der Waals surface area contributed by atoms with Crippen LogP contribution in [-0.2, 0) is 4.57 Å². The molecule has 2 rings (SSSR count). The zero-order valence-corrected chi connectivity index (χ0v) is 15.1. The third-order valence-corrected chi connectivity index (χ3v) is 5.28. The maximum atomic E-state index is 11.4. The first kappa shape index (κ1) is 18.6. The molecule has 0 atom stereocenters. The molecule has 23 heavy (non-hydrogen) atoms. The van der Waals surface area contributed by atoms with Gasteiger partial charge in [-0.15, -0.1) is 0 Å². The summed E-state index contributed by atoms with van der Waals surface area (Å²) in [6.07, 6.45) is 0. The molecule has 0 aliphatic carbocycles. The molecule has 0 heterocycles. The molecule has 0 saturated carbocycles. The predicted molar refractivity (Wildman–Crippen MR) is 93.7 cm³/mol. The molecule has 2 aromatic rings. The largest absolute Gasteiger partial charge is 0.506 e. The van der Waals surface area contributed by atoms with Gasteiger partial charge in [0.1, 0.15) is 10.8 Å². The van der Waals surface area contributed by atoms with Gasteiger partial charge in [-0.05, 0) is 5.56 Å². The number of halogens is 4. The molecule has 3 N–H and O–H groups in total. The van der Waals surface area contributed by atoms with Crippen molar-refractivity contribution in [1.29, 1.82) is 0 Å². The lowest BCUT2D eigenvalue weighted by Gasteiger charge is -2.16. The first-order chi connectivity index (χ1) is 10.6. The van der Waals surface area contributed by atoms with Crippen LogP contribution in [0.3, 0.4) is 0 Å². The summed E-state index contributed by atoms with van der Waals surface area (Å²) in [7, 11) is -4.59. The first-order valence-electron chi connectivity index (χ1n) is 6.02. The number of benzene rings is 2. The molecule has 4 nitrogen and oxygen atoms in total. The van der Waals surface area contributed by atoms with Gasteiger partial charge >= 0.3 is 7.60 Å². The van der Waals surface area contributed by atoms with Gasteiger partial charge in [0.25, 0.3) is 0 Å². The highest BCUT2D eigenvalue weighted by Crippen LogP contribution is 2.51. The van der Waals surface area contributed by atoms with Crippen molar-refractivity contribution < 1.29 is 19.5 Å². The minimum Gasteiger partial charge on any atom is -0.506 e. The van der Waals surface area contributed by atoms with E-state index in [2.05, 4.69) is 0 Å². The van der Waals surface area contributed by atoms with Crippen molar-refractivity contribution in [3.63, 3.8) is 0 Å². The smallest absolute Gasteiger partial charge is 0.349 e. The molecule has 0 aromatic heterocycles. The van der Waals surface area contributed by atoms with Crippen LogP contribution in [0.25, 0.3) is 5.57 Å². The van der Waals surface area contributed by atoms with Gasteiger partial charge in [-0.3, -0.25) is 4.57 Å². The fourth-order valence-corrected chi connectivity index (χ4v) is 3.49. The molecule has 122 valence electrons. The fraction of sp³-hybridized carbons (Fsp3) is 0.